The SMILES string of the molecule is CCCCn1nc(C(=O)OCC(=O)N2CCN(CC(=O)Nc3c(C)cccc3C)CC2)ccc1=O. The number of esters is 1. The van der Waals surface area contributed by atoms with Gasteiger partial charge in [0.05, 0.1) is 6.54 Å². The number of hydrogen-bond donors (Lipinski definition) is 1. The molecule has 0 unspecified atom stereocenters. The van der Waals surface area contributed by atoms with Crippen molar-refractivity contribution in [1.82, 2.24) is 19.6 Å². The van der Waals surface area contributed by atoms with Gasteiger partial charge in [0.2, 0.25) is 5.91 Å². The van der Waals surface area contributed by atoms with Crippen molar-refractivity contribution in [3.05, 3.63) is 57.5 Å². The van der Waals surface area contributed by atoms with Crippen molar-refractivity contribution in [3.63, 3.8) is 0 Å². The highest BCUT2D eigenvalue weighted by atomic mass is 16.5. The summed E-state index contributed by atoms with van der Waals surface area (Å²) in [5, 5.41) is 7.02. The number of carbonyl (C=O) groups is 3. The molecular weight excluding hydrogens is 450 g/mol. The Morgan fingerprint density at radius 3 is 2.37 bits per heavy atom. The van der Waals surface area contributed by atoms with Gasteiger partial charge in [0.15, 0.2) is 12.3 Å². The highest BCUT2D eigenvalue weighted by Gasteiger charge is 2.24. The number of nitrogens with zero attached hydrogens (tertiary/aromatic N) is 4. The number of unbranched alkanes of at least 4 members (excludes halogenated alkanes) is 1. The molecule has 2 aromatic rings. The van der Waals surface area contributed by atoms with Crippen molar-refractivity contribution in [2.45, 2.75) is 40.2 Å². The lowest BCUT2D eigenvalue weighted by molar-refractivity contribution is -0.136. The standard InChI is InChI=1S/C25H33N5O5/c1-4-5-11-30-22(32)10-9-20(27-30)25(34)35-17-23(33)29-14-12-28(13-15-29)16-21(31)26-24-18(2)7-6-8-19(24)3/h6-10H,4-5,11-17H2,1-3H3,(H,26,31). The van der Waals surface area contributed by atoms with Crippen molar-refractivity contribution in [1.29, 1.82) is 0 Å². The molecule has 0 radical (unpaired) electrons. The number of ether oxygens (including phenoxy) is 1. The first-order valence-electron chi connectivity index (χ1n) is 11.9. The molecule has 10 nitrogen and oxygen atoms in total. The monoisotopic (exact) mass is 483 g/mol. The zero-order chi connectivity index (χ0) is 25.4. The quantitative estimate of drug-likeness (QED) is 0.539. The molecule has 1 N–H and O–H groups in total. The number of benzene rings is 1. The van der Waals surface area contributed by atoms with Gasteiger partial charge < -0.3 is 15.0 Å². The molecule has 1 aromatic heterocycles. The molecule has 10 heteroatoms. The lowest BCUT2D eigenvalue weighted by Crippen LogP contribution is -2.51. The lowest BCUT2D eigenvalue weighted by atomic mass is 10.1. The third-order valence-corrected chi connectivity index (χ3v) is 5.96. The zero-order valence-electron chi connectivity index (χ0n) is 20.6. The van der Waals surface area contributed by atoms with Crippen LogP contribution in [0.25, 0.3) is 0 Å². The van der Waals surface area contributed by atoms with Crippen LogP contribution in [0.5, 0.6) is 0 Å². The number of amides is 2. The number of para-hydroxylation sites is 1. The van der Waals surface area contributed by atoms with E-state index >= 15 is 0 Å². The normalized spacial score (nSPS) is 14.0. The van der Waals surface area contributed by atoms with Crippen molar-refractivity contribution >= 4 is 23.5 Å². The van der Waals surface area contributed by atoms with Crippen molar-refractivity contribution < 1.29 is 19.1 Å². The Kier molecular flexibility index (Phi) is 9.13. The van der Waals surface area contributed by atoms with Crippen molar-refractivity contribution in [2.24, 2.45) is 0 Å². The predicted octanol–water partition coefficient (Wildman–Crippen LogP) is 1.60. The average Bonchev–Trinajstić information content (AvgIpc) is 2.84. The molecule has 1 aliphatic heterocycles. The second-order valence-electron chi connectivity index (χ2n) is 8.68. The molecule has 0 bridgehead atoms. The topological polar surface area (TPSA) is 114 Å². The van der Waals surface area contributed by atoms with E-state index in [9.17, 15) is 19.2 Å². The molecule has 0 aliphatic carbocycles. The highest BCUT2D eigenvalue weighted by Crippen LogP contribution is 2.19. The number of nitrogens with one attached hydrogen (secondary N) is 1. The largest absolute Gasteiger partial charge is 0.451 e. The number of rotatable bonds is 9. The molecule has 2 heterocycles. The second kappa shape index (κ2) is 12.3. The van der Waals surface area contributed by atoms with Gasteiger partial charge in [0.1, 0.15) is 0 Å². The summed E-state index contributed by atoms with van der Waals surface area (Å²) in [6.45, 7) is 8.13. The first kappa shape index (κ1) is 26.1. The number of carbonyl (C=O) groups excluding carboxylic acids is 3. The van der Waals surface area contributed by atoms with Crippen molar-refractivity contribution in [2.75, 3.05) is 44.6 Å². The summed E-state index contributed by atoms with van der Waals surface area (Å²) in [6.07, 6.45) is 1.66. The summed E-state index contributed by atoms with van der Waals surface area (Å²) in [6, 6.07) is 8.45. The summed E-state index contributed by atoms with van der Waals surface area (Å²) >= 11 is 0. The molecule has 2 amide bonds. The summed E-state index contributed by atoms with van der Waals surface area (Å²) in [5.74, 6) is -1.15. The van der Waals surface area contributed by atoms with Crippen LogP contribution in [0.4, 0.5) is 5.69 Å². The van der Waals surface area contributed by atoms with Crippen LogP contribution in [0.3, 0.4) is 0 Å². The van der Waals surface area contributed by atoms with E-state index in [1.165, 1.54) is 16.8 Å². The second-order valence-corrected chi connectivity index (χ2v) is 8.68. The van der Waals surface area contributed by atoms with Crippen molar-refractivity contribution in [3.8, 4) is 0 Å². The van der Waals surface area contributed by atoms with E-state index in [4.69, 9.17) is 4.74 Å². The van der Waals surface area contributed by atoms with E-state index in [2.05, 4.69) is 10.4 Å². The van der Waals surface area contributed by atoms with Gasteiger partial charge in [-0.2, -0.15) is 5.10 Å². The van der Waals surface area contributed by atoms with Crippen LogP contribution in [-0.2, 0) is 20.9 Å². The number of hydrogen-bond acceptors (Lipinski definition) is 7. The minimum absolute atomic E-state index is 0.00627. The molecule has 3 rings (SSSR count). The Hall–Kier alpha value is -3.53. The Balaban J connectivity index is 1.43. The molecular formula is C25H33N5O5. The maximum atomic E-state index is 12.5. The molecule has 0 saturated carbocycles. The lowest BCUT2D eigenvalue weighted by Gasteiger charge is -2.34. The molecule has 188 valence electrons. The van der Waals surface area contributed by atoms with Crippen LogP contribution in [0.2, 0.25) is 0 Å². The Labute approximate surface area is 204 Å². The van der Waals surface area contributed by atoms with Crippen LogP contribution in [0.15, 0.2) is 35.1 Å². The first-order valence-corrected chi connectivity index (χ1v) is 11.9. The zero-order valence-corrected chi connectivity index (χ0v) is 20.6. The fourth-order valence-corrected chi connectivity index (χ4v) is 3.87. The fourth-order valence-electron chi connectivity index (χ4n) is 3.87. The van der Waals surface area contributed by atoms with Gasteiger partial charge in [-0.3, -0.25) is 19.3 Å². The number of aryl methyl sites for hydroxylation is 3. The van der Waals surface area contributed by atoms with Crippen LogP contribution >= 0.6 is 0 Å². The van der Waals surface area contributed by atoms with Crippen LogP contribution in [-0.4, -0.2) is 76.7 Å². The average molecular weight is 484 g/mol. The van der Waals surface area contributed by atoms with Gasteiger partial charge in [-0.1, -0.05) is 31.5 Å². The maximum absolute atomic E-state index is 12.5. The minimum Gasteiger partial charge on any atom is -0.451 e. The molecule has 1 saturated heterocycles. The van der Waals surface area contributed by atoms with Gasteiger partial charge >= 0.3 is 5.97 Å². The van der Waals surface area contributed by atoms with Crippen LogP contribution in [0.1, 0.15) is 41.4 Å². The molecule has 1 aliphatic rings. The minimum atomic E-state index is -0.745. The third kappa shape index (κ3) is 7.22. The van der Waals surface area contributed by atoms with E-state index in [0.29, 0.717) is 32.7 Å². The number of aromatic nitrogens is 2. The van der Waals surface area contributed by atoms with Crippen LogP contribution in [0, 0.1) is 13.8 Å². The highest BCUT2D eigenvalue weighted by molar-refractivity contribution is 5.93. The molecule has 35 heavy (non-hydrogen) atoms. The first-order chi connectivity index (χ1) is 16.8. The number of anilines is 1. The van der Waals surface area contributed by atoms with E-state index in [0.717, 1.165) is 29.7 Å². The maximum Gasteiger partial charge on any atom is 0.359 e. The smallest absolute Gasteiger partial charge is 0.359 e. The Bertz CT molecular complexity index is 1100. The van der Waals surface area contributed by atoms with E-state index in [1.807, 2.05) is 43.9 Å². The summed E-state index contributed by atoms with van der Waals surface area (Å²) in [5.41, 5.74) is 2.57. The Morgan fingerprint density at radius 1 is 1.03 bits per heavy atom. The van der Waals surface area contributed by atoms with Gasteiger partial charge in [-0.25, -0.2) is 9.48 Å². The molecule has 0 atom stereocenters. The van der Waals surface area contributed by atoms with Gasteiger partial charge in [0, 0.05) is 44.5 Å². The van der Waals surface area contributed by atoms with E-state index in [1.54, 1.807) is 4.90 Å². The van der Waals surface area contributed by atoms with E-state index < -0.39 is 12.6 Å². The molecule has 1 aromatic carbocycles. The van der Waals surface area contributed by atoms with Gasteiger partial charge in [-0.05, 0) is 37.5 Å². The summed E-state index contributed by atoms with van der Waals surface area (Å²) in [4.78, 5) is 52.8. The number of piperazine rings is 1. The summed E-state index contributed by atoms with van der Waals surface area (Å²) in [7, 11) is 0. The summed E-state index contributed by atoms with van der Waals surface area (Å²) < 4.78 is 6.37. The van der Waals surface area contributed by atoms with Crippen LogP contribution < -0.4 is 10.9 Å². The van der Waals surface area contributed by atoms with E-state index in [-0.39, 0.29) is 29.6 Å². The van der Waals surface area contributed by atoms with Gasteiger partial charge in [-0.15, -0.1) is 0 Å². The fraction of sp³-hybridized carbons (Fsp3) is 0.480. The Morgan fingerprint density at radius 2 is 1.71 bits per heavy atom. The third-order valence-electron chi connectivity index (χ3n) is 5.96. The molecule has 1 fully saturated rings. The predicted molar refractivity (Wildman–Crippen MR) is 131 cm³/mol. The van der Waals surface area contributed by atoms with Gasteiger partial charge in [0.25, 0.3) is 11.5 Å². The molecule has 0 spiro atoms.